The van der Waals surface area contributed by atoms with Gasteiger partial charge >= 0.3 is 0 Å². The number of nitriles is 1. The van der Waals surface area contributed by atoms with Crippen molar-refractivity contribution in [1.82, 2.24) is 20.0 Å². The molecule has 0 aliphatic heterocycles. The molecule has 0 radical (unpaired) electrons. The Balaban J connectivity index is 1.57. The third kappa shape index (κ3) is 4.66. The second-order valence-electron chi connectivity index (χ2n) is 9.06. The number of pyridine rings is 1. The number of hydrogen-bond acceptors (Lipinski definition) is 5. The van der Waals surface area contributed by atoms with Crippen LogP contribution in [0.5, 0.6) is 5.75 Å². The Kier molecular flexibility index (Phi) is 5.98. The van der Waals surface area contributed by atoms with E-state index in [4.69, 9.17) is 4.74 Å². The zero-order valence-electron chi connectivity index (χ0n) is 18.6. The third-order valence-electron chi connectivity index (χ3n) is 4.98. The summed E-state index contributed by atoms with van der Waals surface area (Å²) in [4.78, 5) is 4.25. The molecule has 0 spiro atoms. The van der Waals surface area contributed by atoms with Crippen molar-refractivity contribution in [2.45, 2.75) is 40.8 Å². The molecule has 2 heterocycles. The van der Waals surface area contributed by atoms with Crippen molar-refractivity contribution in [2.24, 2.45) is 5.41 Å². The molecule has 0 saturated heterocycles. The van der Waals surface area contributed by atoms with Crippen LogP contribution in [0, 0.1) is 23.7 Å². The predicted molar refractivity (Wildman–Crippen MR) is 128 cm³/mol. The van der Waals surface area contributed by atoms with Crippen molar-refractivity contribution < 1.29 is 4.74 Å². The third-order valence-corrected chi connectivity index (χ3v) is 5.74. The lowest BCUT2D eigenvalue weighted by Crippen LogP contribution is -2.16. The number of hydrogen-bond donors (Lipinski definition) is 0. The van der Waals surface area contributed by atoms with Crippen LogP contribution in [0.3, 0.4) is 0 Å². The summed E-state index contributed by atoms with van der Waals surface area (Å²) in [5.74, 6) is 0.709. The summed E-state index contributed by atoms with van der Waals surface area (Å²) in [6, 6.07) is 16.1. The lowest BCUT2D eigenvalue weighted by molar-refractivity contribution is 0.304. The molecule has 4 rings (SSSR count). The van der Waals surface area contributed by atoms with E-state index < -0.39 is 0 Å². The first-order valence-corrected chi connectivity index (χ1v) is 11.1. The first kappa shape index (κ1) is 22.0. The molecule has 0 aliphatic rings. The highest BCUT2D eigenvalue weighted by molar-refractivity contribution is 9.10. The first-order chi connectivity index (χ1) is 15.2. The topological polar surface area (TPSA) is 76.6 Å². The van der Waals surface area contributed by atoms with E-state index in [1.807, 2.05) is 54.1 Å². The molecule has 0 saturated carbocycles. The average molecular weight is 490 g/mol. The van der Waals surface area contributed by atoms with E-state index >= 15 is 0 Å². The Labute approximate surface area is 196 Å². The second kappa shape index (κ2) is 8.71. The van der Waals surface area contributed by atoms with Crippen LogP contribution in [0.2, 0.25) is 0 Å². The number of halogens is 1. The van der Waals surface area contributed by atoms with Crippen molar-refractivity contribution in [3.05, 3.63) is 70.0 Å². The van der Waals surface area contributed by atoms with Crippen molar-refractivity contribution >= 4 is 27.0 Å². The molecule has 32 heavy (non-hydrogen) atoms. The minimum Gasteiger partial charge on any atom is -0.488 e. The summed E-state index contributed by atoms with van der Waals surface area (Å²) < 4.78 is 8.83. The van der Waals surface area contributed by atoms with Gasteiger partial charge in [-0.25, -0.2) is 9.67 Å². The highest BCUT2D eigenvalue weighted by Gasteiger charge is 2.17. The van der Waals surface area contributed by atoms with Gasteiger partial charge in [0.15, 0.2) is 0 Å². The molecule has 0 amide bonds. The van der Waals surface area contributed by atoms with Gasteiger partial charge in [0.05, 0.1) is 9.99 Å². The largest absolute Gasteiger partial charge is 0.488 e. The standard InChI is InChI=1S/C25H24BrN5O/c1-16-10-19(20(12-27)28-13-16)18-7-5-6-17(11-18)14-32-22-9-8-21-24(23(22)26)29-30-31(21)15-25(2,3)4/h5-11,13H,14-15H2,1-4H3. The molecule has 2 aromatic heterocycles. The van der Waals surface area contributed by atoms with Gasteiger partial charge in [-0.05, 0) is 69.2 Å². The lowest BCUT2D eigenvalue weighted by Gasteiger charge is -2.18. The van der Waals surface area contributed by atoms with Gasteiger partial charge in [0.2, 0.25) is 0 Å². The Morgan fingerprint density at radius 2 is 1.97 bits per heavy atom. The van der Waals surface area contributed by atoms with Gasteiger partial charge in [0.25, 0.3) is 0 Å². The van der Waals surface area contributed by atoms with Crippen LogP contribution in [-0.4, -0.2) is 20.0 Å². The Hall–Kier alpha value is -3.24. The normalized spacial score (nSPS) is 11.5. The monoisotopic (exact) mass is 489 g/mol. The molecular formula is C25H24BrN5O. The Morgan fingerprint density at radius 3 is 2.72 bits per heavy atom. The fourth-order valence-electron chi connectivity index (χ4n) is 3.53. The number of rotatable bonds is 5. The average Bonchev–Trinajstić information content (AvgIpc) is 3.15. The molecule has 0 aliphatic carbocycles. The maximum Gasteiger partial charge on any atom is 0.148 e. The zero-order valence-corrected chi connectivity index (χ0v) is 20.1. The summed E-state index contributed by atoms with van der Waals surface area (Å²) in [6.07, 6.45) is 1.71. The molecule has 0 atom stereocenters. The van der Waals surface area contributed by atoms with Crippen LogP contribution in [-0.2, 0) is 13.2 Å². The highest BCUT2D eigenvalue weighted by Crippen LogP contribution is 2.33. The van der Waals surface area contributed by atoms with Crippen LogP contribution >= 0.6 is 15.9 Å². The molecular weight excluding hydrogens is 466 g/mol. The maximum atomic E-state index is 9.42. The fraction of sp³-hybridized carbons (Fsp3) is 0.280. The number of aryl methyl sites for hydroxylation is 1. The molecule has 2 aromatic carbocycles. The molecule has 6 nitrogen and oxygen atoms in total. The summed E-state index contributed by atoms with van der Waals surface area (Å²) in [5, 5.41) is 18.1. The number of ether oxygens (including phenoxy) is 1. The Bertz CT molecular complexity index is 1330. The predicted octanol–water partition coefficient (Wildman–Crippen LogP) is 6.06. The summed E-state index contributed by atoms with van der Waals surface area (Å²) in [7, 11) is 0. The number of fused-ring (bicyclic) bond motifs is 1. The highest BCUT2D eigenvalue weighted by atomic mass is 79.9. The fourth-order valence-corrected chi connectivity index (χ4v) is 4.06. The summed E-state index contributed by atoms with van der Waals surface area (Å²) in [6.45, 7) is 9.65. The van der Waals surface area contributed by atoms with E-state index in [-0.39, 0.29) is 5.41 Å². The van der Waals surface area contributed by atoms with E-state index in [9.17, 15) is 5.26 Å². The van der Waals surface area contributed by atoms with Crippen molar-refractivity contribution in [2.75, 3.05) is 0 Å². The van der Waals surface area contributed by atoms with E-state index in [1.165, 1.54) is 0 Å². The number of benzene rings is 2. The lowest BCUT2D eigenvalue weighted by atomic mass is 9.97. The van der Waals surface area contributed by atoms with Gasteiger partial charge in [-0.2, -0.15) is 5.26 Å². The molecule has 0 bridgehead atoms. The SMILES string of the molecule is Cc1cnc(C#N)c(-c2cccc(COc3ccc4c(nnn4CC(C)(C)C)c3Br)c2)c1. The summed E-state index contributed by atoms with van der Waals surface area (Å²) >= 11 is 3.64. The van der Waals surface area contributed by atoms with Gasteiger partial charge in [-0.3, -0.25) is 0 Å². The van der Waals surface area contributed by atoms with Gasteiger partial charge in [-0.1, -0.05) is 44.2 Å². The second-order valence-corrected chi connectivity index (χ2v) is 9.86. The summed E-state index contributed by atoms with van der Waals surface area (Å²) in [5.41, 5.74) is 6.05. The molecule has 4 aromatic rings. The van der Waals surface area contributed by atoms with E-state index in [1.54, 1.807) is 6.20 Å². The molecule has 0 unspecified atom stereocenters. The first-order valence-electron chi connectivity index (χ1n) is 10.4. The van der Waals surface area contributed by atoms with Gasteiger partial charge in [0.1, 0.15) is 29.6 Å². The minimum absolute atomic E-state index is 0.103. The van der Waals surface area contributed by atoms with E-state index in [0.717, 1.165) is 44.3 Å². The zero-order chi connectivity index (χ0) is 22.9. The van der Waals surface area contributed by atoms with Crippen LogP contribution in [0.4, 0.5) is 0 Å². The Morgan fingerprint density at radius 1 is 1.16 bits per heavy atom. The van der Waals surface area contributed by atoms with E-state index in [2.05, 4.69) is 58.1 Å². The molecule has 162 valence electrons. The van der Waals surface area contributed by atoms with Gasteiger partial charge in [0, 0.05) is 18.3 Å². The van der Waals surface area contributed by atoms with Gasteiger partial charge in [-0.15, -0.1) is 5.10 Å². The minimum atomic E-state index is 0.103. The molecule has 0 N–H and O–H groups in total. The van der Waals surface area contributed by atoms with Crippen LogP contribution in [0.15, 0.2) is 53.1 Å². The van der Waals surface area contributed by atoms with Crippen molar-refractivity contribution in [3.63, 3.8) is 0 Å². The number of nitrogens with zero attached hydrogens (tertiary/aromatic N) is 5. The van der Waals surface area contributed by atoms with Crippen LogP contribution in [0.25, 0.3) is 22.2 Å². The smallest absolute Gasteiger partial charge is 0.148 e. The van der Waals surface area contributed by atoms with Crippen molar-refractivity contribution in [3.8, 4) is 22.9 Å². The molecule has 0 fully saturated rings. The van der Waals surface area contributed by atoms with Gasteiger partial charge < -0.3 is 4.74 Å². The molecule has 7 heteroatoms. The van der Waals surface area contributed by atoms with Crippen molar-refractivity contribution in [1.29, 1.82) is 5.26 Å². The van der Waals surface area contributed by atoms with E-state index in [0.29, 0.717) is 18.1 Å². The quantitative estimate of drug-likeness (QED) is 0.340. The van der Waals surface area contributed by atoms with Crippen LogP contribution < -0.4 is 4.74 Å². The maximum absolute atomic E-state index is 9.42. The van der Waals surface area contributed by atoms with Crippen LogP contribution in [0.1, 0.15) is 37.6 Å². The number of aromatic nitrogens is 4.